The van der Waals surface area contributed by atoms with E-state index in [-0.39, 0.29) is 24.4 Å². The molecule has 1 aliphatic rings. The van der Waals surface area contributed by atoms with Gasteiger partial charge in [0.2, 0.25) is 5.91 Å². The van der Waals surface area contributed by atoms with E-state index in [2.05, 4.69) is 24.1 Å². The first-order chi connectivity index (χ1) is 9.67. The molecule has 0 spiro atoms. The van der Waals surface area contributed by atoms with Gasteiger partial charge in [0.25, 0.3) is 0 Å². The summed E-state index contributed by atoms with van der Waals surface area (Å²) in [5, 5.41) is 2.99. The Balaban J connectivity index is 0.00000400. The molecule has 1 fully saturated rings. The highest BCUT2D eigenvalue weighted by atomic mass is 35.5. The van der Waals surface area contributed by atoms with E-state index in [1.165, 1.54) is 32.1 Å². The van der Waals surface area contributed by atoms with Crippen molar-refractivity contribution >= 4 is 18.3 Å². The van der Waals surface area contributed by atoms with Crippen LogP contribution in [-0.2, 0) is 4.79 Å². The van der Waals surface area contributed by atoms with Crippen LogP contribution >= 0.6 is 12.4 Å². The molecular formula is C16H34ClN3O. The molecule has 126 valence electrons. The van der Waals surface area contributed by atoms with E-state index in [9.17, 15) is 4.79 Å². The van der Waals surface area contributed by atoms with Crippen LogP contribution in [0.4, 0.5) is 0 Å². The van der Waals surface area contributed by atoms with Crippen LogP contribution in [0.1, 0.15) is 58.8 Å². The highest BCUT2D eigenvalue weighted by Gasteiger charge is 2.20. The van der Waals surface area contributed by atoms with E-state index in [1.807, 2.05) is 0 Å². The Morgan fingerprint density at radius 2 is 1.90 bits per heavy atom. The summed E-state index contributed by atoms with van der Waals surface area (Å²) in [7, 11) is 0. The molecule has 0 aromatic heterocycles. The molecule has 4 nitrogen and oxygen atoms in total. The number of amides is 1. The average molecular weight is 320 g/mol. The Kier molecular flexibility index (Phi) is 12.1. The van der Waals surface area contributed by atoms with Crippen LogP contribution < -0.4 is 11.1 Å². The molecule has 0 aliphatic heterocycles. The molecule has 1 rings (SSSR count). The smallest absolute Gasteiger partial charge is 0.236 e. The molecule has 1 amide bonds. The van der Waals surface area contributed by atoms with Gasteiger partial charge < -0.3 is 16.0 Å². The number of hydrogen-bond acceptors (Lipinski definition) is 3. The normalized spacial score (nSPS) is 17.3. The molecular weight excluding hydrogens is 286 g/mol. The molecule has 1 unspecified atom stereocenters. The van der Waals surface area contributed by atoms with E-state index < -0.39 is 0 Å². The van der Waals surface area contributed by atoms with Crippen molar-refractivity contribution in [3.8, 4) is 0 Å². The van der Waals surface area contributed by atoms with Crippen molar-refractivity contribution in [2.45, 2.75) is 64.8 Å². The second kappa shape index (κ2) is 12.2. The van der Waals surface area contributed by atoms with Crippen LogP contribution in [0.25, 0.3) is 0 Å². The van der Waals surface area contributed by atoms with Crippen LogP contribution in [0.2, 0.25) is 0 Å². The fourth-order valence-corrected chi connectivity index (χ4v) is 3.10. The van der Waals surface area contributed by atoms with Gasteiger partial charge in [-0.05, 0) is 31.8 Å². The number of nitrogens with two attached hydrogens (primary N) is 1. The summed E-state index contributed by atoms with van der Waals surface area (Å²) in [6, 6.07) is -0.320. The van der Waals surface area contributed by atoms with E-state index in [4.69, 9.17) is 5.73 Å². The average Bonchev–Trinajstić information content (AvgIpc) is 2.47. The van der Waals surface area contributed by atoms with E-state index in [0.29, 0.717) is 12.5 Å². The van der Waals surface area contributed by atoms with Crippen LogP contribution in [-0.4, -0.2) is 43.0 Å². The van der Waals surface area contributed by atoms with Crippen LogP contribution in [0.15, 0.2) is 0 Å². The van der Waals surface area contributed by atoms with Gasteiger partial charge >= 0.3 is 0 Å². The molecule has 1 atom stereocenters. The zero-order valence-corrected chi connectivity index (χ0v) is 14.6. The predicted molar refractivity (Wildman–Crippen MR) is 91.8 cm³/mol. The number of likely N-dealkylation sites (N-methyl/N-ethyl adjacent to an activating group) is 1. The zero-order valence-electron chi connectivity index (χ0n) is 13.8. The topological polar surface area (TPSA) is 58.4 Å². The summed E-state index contributed by atoms with van der Waals surface area (Å²) in [6.45, 7) is 8.11. The first kappa shape index (κ1) is 20.7. The SMILES string of the molecule is CCCN(CC)CCNC(=O)C(N)CC1CCCCC1.Cl. The lowest BCUT2D eigenvalue weighted by Crippen LogP contribution is -2.44. The van der Waals surface area contributed by atoms with E-state index >= 15 is 0 Å². The van der Waals surface area contributed by atoms with Crippen LogP contribution in [0.5, 0.6) is 0 Å². The summed E-state index contributed by atoms with van der Waals surface area (Å²) in [4.78, 5) is 14.3. The number of nitrogens with one attached hydrogen (secondary N) is 1. The Morgan fingerprint density at radius 3 is 2.48 bits per heavy atom. The summed E-state index contributed by atoms with van der Waals surface area (Å²) < 4.78 is 0. The van der Waals surface area contributed by atoms with Gasteiger partial charge in [0.15, 0.2) is 0 Å². The van der Waals surface area contributed by atoms with Gasteiger partial charge in [0, 0.05) is 13.1 Å². The van der Waals surface area contributed by atoms with Gasteiger partial charge in [-0.2, -0.15) is 0 Å². The van der Waals surface area contributed by atoms with Crippen molar-refractivity contribution < 1.29 is 4.79 Å². The second-order valence-electron chi connectivity index (χ2n) is 6.07. The number of rotatable bonds is 9. The standard InChI is InChI=1S/C16H33N3O.ClH/c1-3-11-19(4-2)12-10-18-16(20)15(17)13-14-8-6-5-7-9-14;/h14-15H,3-13,17H2,1-2H3,(H,18,20);1H. The maximum atomic E-state index is 12.0. The van der Waals surface area contributed by atoms with Crippen molar-refractivity contribution in [2.24, 2.45) is 11.7 Å². The Morgan fingerprint density at radius 1 is 1.24 bits per heavy atom. The molecule has 1 aliphatic carbocycles. The summed E-state index contributed by atoms with van der Waals surface area (Å²) in [5.41, 5.74) is 6.03. The van der Waals surface area contributed by atoms with Gasteiger partial charge in [-0.15, -0.1) is 12.4 Å². The Bertz CT molecular complexity index is 270. The highest BCUT2D eigenvalue weighted by molar-refractivity contribution is 5.85. The molecule has 21 heavy (non-hydrogen) atoms. The van der Waals surface area contributed by atoms with Crippen molar-refractivity contribution in [1.29, 1.82) is 0 Å². The van der Waals surface area contributed by atoms with Gasteiger partial charge in [-0.1, -0.05) is 46.0 Å². The molecule has 0 radical (unpaired) electrons. The zero-order chi connectivity index (χ0) is 14.8. The number of carbonyl (C=O) groups is 1. The number of nitrogens with zero attached hydrogens (tertiary/aromatic N) is 1. The van der Waals surface area contributed by atoms with E-state index in [1.54, 1.807) is 0 Å². The summed E-state index contributed by atoms with van der Waals surface area (Å²) in [6.07, 6.45) is 8.48. The molecule has 0 aromatic carbocycles. The first-order valence-corrected chi connectivity index (χ1v) is 8.43. The fourth-order valence-electron chi connectivity index (χ4n) is 3.10. The van der Waals surface area contributed by atoms with Crippen molar-refractivity contribution in [3.05, 3.63) is 0 Å². The Labute approximate surface area is 136 Å². The van der Waals surface area contributed by atoms with Gasteiger partial charge in [0.1, 0.15) is 0 Å². The minimum atomic E-state index is -0.320. The molecule has 3 N–H and O–H groups in total. The third-order valence-electron chi connectivity index (χ3n) is 4.36. The van der Waals surface area contributed by atoms with Crippen molar-refractivity contribution in [1.82, 2.24) is 10.2 Å². The molecule has 0 bridgehead atoms. The third-order valence-corrected chi connectivity index (χ3v) is 4.36. The highest BCUT2D eigenvalue weighted by Crippen LogP contribution is 2.26. The lowest BCUT2D eigenvalue weighted by atomic mass is 9.85. The monoisotopic (exact) mass is 319 g/mol. The maximum Gasteiger partial charge on any atom is 0.236 e. The molecule has 0 aromatic rings. The molecule has 5 heteroatoms. The third kappa shape index (κ3) is 8.64. The Hall–Kier alpha value is -0.320. The largest absolute Gasteiger partial charge is 0.353 e. The minimum Gasteiger partial charge on any atom is -0.353 e. The lowest BCUT2D eigenvalue weighted by Gasteiger charge is -2.24. The summed E-state index contributed by atoms with van der Waals surface area (Å²) in [5.74, 6) is 0.694. The van der Waals surface area contributed by atoms with Crippen molar-refractivity contribution in [3.63, 3.8) is 0 Å². The van der Waals surface area contributed by atoms with Crippen LogP contribution in [0, 0.1) is 5.92 Å². The van der Waals surface area contributed by atoms with E-state index in [0.717, 1.165) is 32.5 Å². The summed E-state index contributed by atoms with van der Waals surface area (Å²) >= 11 is 0. The van der Waals surface area contributed by atoms with Gasteiger partial charge in [0.05, 0.1) is 6.04 Å². The maximum absolute atomic E-state index is 12.0. The van der Waals surface area contributed by atoms with Gasteiger partial charge in [-0.25, -0.2) is 0 Å². The minimum absolute atomic E-state index is 0. The fraction of sp³-hybridized carbons (Fsp3) is 0.938. The van der Waals surface area contributed by atoms with Crippen molar-refractivity contribution in [2.75, 3.05) is 26.2 Å². The number of halogens is 1. The lowest BCUT2D eigenvalue weighted by molar-refractivity contribution is -0.122. The number of hydrogen-bond donors (Lipinski definition) is 2. The molecule has 0 heterocycles. The van der Waals surface area contributed by atoms with Gasteiger partial charge in [-0.3, -0.25) is 4.79 Å². The molecule has 1 saturated carbocycles. The number of carbonyl (C=O) groups excluding carboxylic acids is 1. The second-order valence-corrected chi connectivity index (χ2v) is 6.07. The predicted octanol–water partition coefficient (Wildman–Crippen LogP) is 2.55. The molecule has 0 saturated heterocycles. The first-order valence-electron chi connectivity index (χ1n) is 8.43. The van der Waals surface area contributed by atoms with Crippen LogP contribution in [0.3, 0.4) is 0 Å². The quantitative estimate of drug-likeness (QED) is 0.686.